The van der Waals surface area contributed by atoms with Crippen molar-refractivity contribution in [2.75, 3.05) is 7.05 Å². The quantitative estimate of drug-likeness (QED) is 0.707. The highest BCUT2D eigenvalue weighted by molar-refractivity contribution is 5.74. The molecule has 2 amide bonds. The summed E-state index contributed by atoms with van der Waals surface area (Å²) in [6.07, 6.45) is 4.97. The van der Waals surface area contributed by atoms with Crippen molar-refractivity contribution < 1.29 is 9.32 Å². The molecule has 10 nitrogen and oxygen atoms in total. The zero-order valence-corrected chi connectivity index (χ0v) is 15.7. The first-order valence-electron chi connectivity index (χ1n) is 8.59. The standard InChI is InChI=1S/C17H22N8O2/c1-11(2)25-10-19-22-14(25)9-24(4)17(26)20-12(3)16-21-15(23-27-16)13-5-7-18-8-6-13/h5-8,10-12H,9H2,1-4H3,(H,20,26)/t12-/m0/s1. The fraction of sp³-hybridized carbons (Fsp3) is 0.412. The van der Waals surface area contributed by atoms with Crippen molar-refractivity contribution in [3.63, 3.8) is 0 Å². The largest absolute Gasteiger partial charge is 0.337 e. The number of hydrogen-bond donors (Lipinski definition) is 1. The van der Waals surface area contributed by atoms with Gasteiger partial charge in [-0.05, 0) is 32.9 Å². The van der Waals surface area contributed by atoms with E-state index in [-0.39, 0.29) is 12.1 Å². The third kappa shape index (κ3) is 4.27. The molecule has 3 aromatic heterocycles. The highest BCUT2D eigenvalue weighted by Crippen LogP contribution is 2.18. The summed E-state index contributed by atoms with van der Waals surface area (Å²) >= 11 is 0. The van der Waals surface area contributed by atoms with Gasteiger partial charge < -0.3 is 19.3 Å². The summed E-state index contributed by atoms with van der Waals surface area (Å²) in [5.41, 5.74) is 0.795. The van der Waals surface area contributed by atoms with Gasteiger partial charge in [0, 0.05) is 31.0 Å². The van der Waals surface area contributed by atoms with Crippen molar-refractivity contribution in [1.29, 1.82) is 0 Å². The molecule has 0 saturated carbocycles. The monoisotopic (exact) mass is 370 g/mol. The first kappa shape index (κ1) is 18.5. The van der Waals surface area contributed by atoms with Crippen LogP contribution in [0.1, 0.15) is 44.6 Å². The molecule has 1 atom stereocenters. The SMILES string of the molecule is CC(C)n1cnnc1CN(C)C(=O)N[C@@H](C)c1nc(-c2ccncc2)no1. The Morgan fingerprint density at radius 3 is 2.74 bits per heavy atom. The van der Waals surface area contributed by atoms with Crippen molar-refractivity contribution in [3.8, 4) is 11.4 Å². The summed E-state index contributed by atoms with van der Waals surface area (Å²) in [6.45, 7) is 6.19. The predicted octanol–water partition coefficient (Wildman–Crippen LogP) is 2.21. The van der Waals surface area contributed by atoms with Gasteiger partial charge in [-0.15, -0.1) is 10.2 Å². The average Bonchev–Trinajstić information content (AvgIpc) is 3.32. The molecule has 0 aliphatic heterocycles. The van der Waals surface area contributed by atoms with Crippen LogP contribution < -0.4 is 5.32 Å². The molecule has 3 rings (SSSR count). The number of urea groups is 1. The van der Waals surface area contributed by atoms with Crippen LogP contribution in [0.25, 0.3) is 11.4 Å². The lowest BCUT2D eigenvalue weighted by Gasteiger charge is -2.20. The summed E-state index contributed by atoms with van der Waals surface area (Å²) in [7, 11) is 1.69. The normalized spacial score (nSPS) is 12.2. The van der Waals surface area contributed by atoms with Gasteiger partial charge in [0.1, 0.15) is 12.4 Å². The molecule has 3 heterocycles. The van der Waals surface area contributed by atoms with Crippen LogP contribution in [0.3, 0.4) is 0 Å². The number of carbonyl (C=O) groups is 1. The molecule has 0 bridgehead atoms. The maximum Gasteiger partial charge on any atom is 0.318 e. The van der Waals surface area contributed by atoms with Crippen LogP contribution in [0.2, 0.25) is 0 Å². The molecule has 27 heavy (non-hydrogen) atoms. The highest BCUT2D eigenvalue weighted by Gasteiger charge is 2.20. The maximum absolute atomic E-state index is 12.5. The van der Waals surface area contributed by atoms with Crippen LogP contribution in [0, 0.1) is 0 Å². The van der Waals surface area contributed by atoms with Gasteiger partial charge in [0.15, 0.2) is 5.82 Å². The van der Waals surface area contributed by atoms with Crippen molar-refractivity contribution in [1.82, 2.24) is 40.1 Å². The third-order valence-corrected chi connectivity index (χ3v) is 4.02. The number of nitrogens with zero attached hydrogens (tertiary/aromatic N) is 7. The number of rotatable bonds is 6. The molecular formula is C17H22N8O2. The van der Waals surface area contributed by atoms with Gasteiger partial charge in [-0.1, -0.05) is 5.16 Å². The van der Waals surface area contributed by atoms with Gasteiger partial charge in [0.05, 0.1) is 6.54 Å². The minimum Gasteiger partial charge on any atom is -0.337 e. The minimum atomic E-state index is -0.439. The van der Waals surface area contributed by atoms with E-state index in [0.717, 1.165) is 5.56 Å². The Hall–Kier alpha value is -3.30. The van der Waals surface area contributed by atoms with Crippen LogP contribution in [0.5, 0.6) is 0 Å². The van der Waals surface area contributed by atoms with E-state index in [2.05, 4.69) is 30.6 Å². The number of hydrogen-bond acceptors (Lipinski definition) is 7. The molecule has 0 unspecified atom stereocenters. The van der Waals surface area contributed by atoms with E-state index in [1.165, 1.54) is 4.90 Å². The predicted molar refractivity (Wildman–Crippen MR) is 96.3 cm³/mol. The van der Waals surface area contributed by atoms with E-state index in [4.69, 9.17) is 4.52 Å². The van der Waals surface area contributed by atoms with Crippen LogP contribution in [0.15, 0.2) is 35.4 Å². The number of pyridine rings is 1. The summed E-state index contributed by atoms with van der Waals surface area (Å²) in [5.74, 6) is 1.49. The molecule has 0 saturated heterocycles. The van der Waals surface area contributed by atoms with Crippen molar-refractivity contribution in [2.24, 2.45) is 0 Å². The highest BCUT2D eigenvalue weighted by atomic mass is 16.5. The zero-order valence-electron chi connectivity index (χ0n) is 15.7. The van der Waals surface area contributed by atoms with Crippen molar-refractivity contribution >= 4 is 6.03 Å². The maximum atomic E-state index is 12.5. The number of aromatic nitrogens is 6. The summed E-state index contributed by atoms with van der Waals surface area (Å²) in [5, 5.41) is 14.8. The number of nitrogens with one attached hydrogen (secondary N) is 1. The summed E-state index contributed by atoms with van der Waals surface area (Å²) < 4.78 is 7.20. The van der Waals surface area contributed by atoms with Gasteiger partial charge in [-0.25, -0.2) is 4.79 Å². The number of carbonyl (C=O) groups excluding carboxylic acids is 1. The van der Waals surface area contributed by atoms with Crippen molar-refractivity contribution in [2.45, 2.75) is 39.4 Å². The fourth-order valence-electron chi connectivity index (χ4n) is 2.48. The number of amides is 2. The molecule has 10 heteroatoms. The topological polar surface area (TPSA) is 115 Å². The molecule has 0 aliphatic carbocycles. The Morgan fingerprint density at radius 2 is 2.04 bits per heavy atom. The van der Waals surface area contributed by atoms with E-state index >= 15 is 0 Å². The first-order chi connectivity index (χ1) is 13.0. The lowest BCUT2D eigenvalue weighted by Crippen LogP contribution is -2.38. The van der Waals surface area contributed by atoms with Crippen LogP contribution in [0.4, 0.5) is 4.79 Å². The third-order valence-electron chi connectivity index (χ3n) is 4.02. The molecule has 0 radical (unpaired) electrons. The Morgan fingerprint density at radius 1 is 1.30 bits per heavy atom. The van der Waals surface area contributed by atoms with E-state index in [0.29, 0.717) is 24.1 Å². The van der Waals surface area contributed by atoms with Gasteiger partial charge >= 0.3 is 6.03 Å². The van der Waals surface area contributed by atoms with Crippen LogP contribution in [-0.4, -0.2) is 47.9 Å². The second-order valence-electron chi connectivity index (χ2n) is 6.47. The second-order valence-corrected chi connectivity index (χ2v) is 6.47. The Kier molecular flexibility index (Phi) is 5.43. The molecule has 0 aliphatic rings. The van der Waals surface area contributed by atoms with Gasteiger partial charge in [0.2, 0.25) is 11.7 Å². The van der Waals surface area contributed by atoms with Crippen LogP contribution in [-0.2, 0) is 6.54 Å². The Labute approximate surface area is 156 Å². The van der Waals surface area contributed by atoms with Crippen molar-refractivity contribution in [3.05, 3.63) is 42.6 Å². The van der Waals surface area contributed by atoms with Gasteiger partial charge in [0.25, 0.3) is 0 Å². The fourth-order valence-corrected chi connectivity index (χ4v) is 2.48. The summed E-state index contributed by atoms with van der Waals surface area (Å²) in [6, 6.07) is 3.08. The Balaban J connectivity index is 1.62. The van der Waals surface area contributed by atoms with E-state index < -0.39 is 6.04 Å². The Bertz CT molecular complexity index is 889. The first-order valence-corrected chi connectivity index (χ1v) is 8.59. The van der Waals surface area contributed by atoms with Gasteiger partial charge in [-0.3, -0.25) is 4.98 Å². The molecule has 0 aromatic carbocycles. The zero-order chi connectivity index (χ0) is 19.4. The lowest BCUT2D eigenvalue weighted by atomic mass is 10.2. The van der Waals surface area contributed by atoms with Gasteiger partial charge in [-0.2, -0.15) is 4.98 Å². The molecule has 0 spiro atoms. The molecule has 3 aromatic rings. The molecule has 1 N–H and O–H groups in total. The lowest BCUT2D eigenvalue weighted by molar-refractivity contribution is 0.198. The van der Waals surface area contributed by atoms with E-state index in [1.807, 2.05) is 18.4 Å². The van der Waals surface area contributed by atoms with E-state index in [1.54, 1.807) is 44.8 Å². The second kappa shape index (κ2) is 7.94. The van der Waals surface area contributed by atoms with E-state index in [9.17, 15) is 4.79 Å². The minimum absolute atomic E-state index is 0.218. The molecule has 142 valence electrons. The molecular weight excluding hydrogens is 348 g/mol. The summed E-state index contributed by atoms with van der Waals surface area (Å²) in [4.78, 5) is 22.3. The molecule has 0 fully saturated rings. The average molecular weight is 370 g/mol. The smallest absolute Gasteiger partial charge is 0.318 e. The van der Waals surface area contributed by atoms with Crippen LogP contribution >= 0.6 is 0 Å².